The summed E-state index contributed by atoms with van der Waals surface area (Å²) in [7, 11) is -3.58. The number of carbonyl (C=O) groups excluding carboxylic acids is 1. The molecule has 1 aliphatic heterocycles. The van der Waals surface area contributed by atoms with Crippen LogP contribution in [0, 0.1) is 5.92 Å². The number of carbonyl (C=O) groups is 1. The van der Waals surface area contributed by atoms with Crippen LogP contribution in [0.15, 0.2) is 71.6 Å². The zero-order valence-electron chi connectivity index (χ0n) is 17.9. The normalized spacial score (nSPS) is 16.0. The summed E-state index contributed by atoms with van der Waals surface area (Å²) in [5.74, 6) is 0.0876. The van der Waals surface area contributed by atoms with Gasteiger partial charge in [0, 0.05) is 24.7 Å². The number of nitrogens with zero attached hydrogens (tertiary/aromatic N) is 1. The van der Waals surface area contributed by atoms with Crippen molar-refractivity contribution in [3.8, 4) is 0 Å². The van der Waals surface area contributed by atoms with Crippen LogP contribution in [0.25, 0.3) is 10.8 Å². The Balaban J connectivity index is 1.43. The van der Waals surface area contributed by atoms with Crippen molar-refractivity contribution in [2.45, 2.75) is 37.5 Å². The number of rotatable bonds is 5. The maximum absolute atomic E-state index is 13.1. The van der Waals surface area contributed by atoms with Crippen molar-refractivity contribution >= 4 is 32.4 Å². The molecule has 1 heterocycles. The third-order valence-electron chi connectivity index (χ3n) is 6.02. The predicted octanol–water partition coefficient (Wildman–Crippen LogP) is 5.00. The Morgan fingerprint density at radius 3 is 2.29 bits per heavy atom. The van der Waals surface area contributed by atoms with Crippen LogP contribution in [0.1, 0.15) is 38.2 Å². The molecule has 0 unspecified atom stereocenters. The molecule has 3 aromatic rings. The van der Waals surface area contributed by atoms with E-state index in [2.05, 4.69) is 19.2 Å². The van der Waals surface area contributed by atoms with Crippen LogP contribution in [-0.4, -0.2) is 31.7 Å². The molecule has 1 saturated heterocycles. The summed E-state index contributed by atoms with van der Waals surface area (Å²) >= 11 is 0. The third kappa shape index (κ3) is 4.50. The first-order valence-electron chi connectivity index (χ1n) is 10.7. The Hall–Kier alpha value is -2.70. The lowest BCUT2D eigenvalue weighted by Gasteiger charge is -2.30. The minimum absolute atomic E-state index is 0.0316. The van der Waals surface area contributed by atoms with E-state index >= 15 is 0 Å². The van der Waals surface area contributed by atoms with Gasteiger partial charge in [-0.25, -0.2) is 8.42 Å². The van der Waals surface area contributed by atoms with Crippen LogP contribution in [0.5, 0.6) is 0 Å². The standard InChI is InChI=1S/C25H28N2O3S/c1-18(2)23-9-5-6-10-24(23)26-25(28)20-13-15-27(16-14-20)31(29,30)22-12-11-19-7-3-4-8-21(19)17-22/h3-12,17-18,20H,13-16H2,1-2H3,(H,26,28). The zero-order chi connectivity index (χ0) is 22.0. The fourth-order valence-corrected chi connectivity index (χ4v) is 5.69. The van der Waals surface area contributed by atoms with Gasteiger partial charge in [0.05, 0.1) is 4.90 Å². The van der Waals surface area contributed by atoms with Crippen molar-refractivity contribution in [1.82, 2.24) is 4.31 Å². The Kier molecular flexibility index (Phi) is 6.12. The molecule has 3 aromatic carbocycles. The van der Waals surface area contributed by atoms with Crippen LogP contribution in [0.4, 0.5) is 5.69 Å². The highest BCUT2D eigenvalue weighted by Gasteiger charge is 2.32. The number of piperidine rings is 1. The van der Waals surface area contributed by atoms with Gasteiger partial charge in [0.1, 0.15) is 0 Å². The average molecular weight is 437 g/mol. The minimum Gasteiger partial charge on any atom is -0.326 e. The second-order valence-corrected chi connectivity index (χ2v) is 10.4. The second-order valence-electron chi connectivity index (χ2n) is 8.42. The predicted molar refractivity (Wildman–Crippen MR) is 125 cm³/mol. The number of anilines is 1. The summed E-state index contributed by atoms with van der Waals surface area (Å²) in [6, 6.07) is 20.8. The summed E-state index contributed by atoms with van der Waals surface area (Å²) in [5, 5.41) is 4.98. The maximum Gasteiger partial charge on any atom is 0.243 e. The highest BCUT2D eigenvalue weighted by atomic mass is 32.2. The molecule has 1 amide bonds. The SMILES string of the molecule is CC(C)c1ccccc1NC(=O)C1CCN(S(=O)(=O)c2ccc3ccccc3c2)CC1. The summed E-state index contributed by atoms with van der Waals surface area (Å²) in [4.78, 5) is 13.1. The molecular formula is C25H28N2O3S. The largest absolute Gasteiger partial charge is 0.326 e. The third-order valence-corrected chi connectivity index (χ3v) is 7.92. The van der Waals surface area contributed by atoms with Crippen LogP contribution >= 0.6 is 0 Å². The van der Waals surface area contributed by atoms with Crippen molar-refractivity contribution in [3.63, 3.8) is 0 Å². The number of para-hydroxylation sites is 1. The van der Waals surface area contributed by atoms with E-state index in [1.807, 2.05) is 54.6 Å². The van der Waals surface area contributed by atoms with Crippen molar-refractivity contribution in [1.29, 1.82) is 0 Å². The molecule has 0 atom stereocenters. The molecule has 0 spiro atoms. The van der Waals surface area contributed by atoms with E-state index < -0.39 is 10.0 Å². The molecule has 1 fully saturated rings. The molecule has 6 heteroatoms. The molecule has 0 saturated carbocycles. The average Bonchev–Trinajstić information content (AvgIpc) is 2.79. The second kappa shape index (κ2) is 8.81. The molecule has 0 radical (unpaired) electrons. The van der Waals surface area contributed by atoms with E-state index in [1.54, 1.807) is 12.1 Å². The van der Waals surface area contributed by atoms with Gasteiger partial charge in [0.25, 0.3) is 0 Å². The van der Waals surface area contributed by atoms with E-state index in [-0.39, 0.29) is 11.8 Å². The lowest BCUT2D eigenvalue weighted by Crippen LogP contribution is -2.41. The first kappa shape index (κ1) is 21.5. The fraction of sp³-hybridized carbons (Fsp3) is 0.320. The van der Waals surface area contributed by atoms with Crippen molar-refractivity contribution in [2.75, 3.05) is 18.4 Å². The van der Waals surface area contributed by atoms with Crippen molar-refractivity contribution in [2.24, 2.45) is 5.92 Å². The topological polar surface area (TPSA) is 66.5 Å². The highest BCUT2D eigenvalue weighted by Crippen LogP contribution is 2.28. The van der Waals surface area contributed by atoms with Crippen LogP contribution in [-0.2, 0) is 14.8 Å². The van der Waals surface area contributed by atoms with Gasteiger partial charge in [-0.2, -0.15) is 4.31 Å². The number of nitrogens with one attached hydrogen (secondary N) is 1. The van der Waals surface area contributed by atoms with Crippen LogP contribution in [0.3, 0.4) is 0 Å². The summed E-state index contributed by atoms with van der Waals surface area (Å²) in [6.07, 6.45) is 1.03. The first-order valence-corrected chi connectivity index (χ1v) is 12.2. The van der Waals surface area contributed by atoms with Gasteiger partial charge in [0.2, 0.25) is 15.9 Å². The van der Waals surface area contributed by atoms with E-state index in [0.717, 1.165) is 22.0 Å². The molecule has 1 aliphatic rings. The van der Waals surface area contributed by atoms with Gasteiger partial charge >= 0.3 is 0 Å². The number of fused-ring (bicyclic) bond motifs is 1. The number of amides is 1. The van der Waals surface area contributed by atoms with Crippen molar-refractivity contribution in [3.05, 3.63) is 72.3 Å². The Bertz CT molecular complexity index is 1200. The Morgan fingerprint density at radius 1 is 0.935 bits per heavy atom. The summed E-state index contributed by atoms with van der Waals surface area (Å²) in [5.41, 5.74) is 1.95. The number of sulfonamides is 1. The quantitative estimate of drug-likeness (QED) is 0.612. The van der Waals surface area contributed by atoms with E-state index in [9.17, 15) is 13.2 Å². The van der Waals surface area contributed by atoms with E-state index in [4.69, 9.17) is 0 Å². The molecule has 4 rings (SSSR count). The number of benzene rings is 3. The lowest BCUT2D eigenvalue weighted by molar-refractivity contribution is -0.120. The molecule has 0 aromatic heterocycles. The molecule has 0 bridgehead atoms. The maximum atomic E-state index is 13.1. The van der Waals surface area contributed by atoms with Gasteiger partial charge < -0.3 is 5.32 Å². The highest BCUT2D eigenvalue weighted by molar-refractivity contribution is 7.89. The van der Waals surface area contributed by atoms with Gasteiger partial charge in [-0.15, -0.1) is 0 Å². The molecule has 0 aliphatic carbocycles. The number of hydrogen-bond donors (Lipinski definition) is 1. The minimum atomic E-state index is -3.58. The molecule has 5 nitrogen and oxygen atoms in total. The number of hydrogen-bond acceptors (Lipinski definition) is 3. The fourth-order valence-electron chi connectivity index (χ4n) is 4.18. The first-order chi connectivity index (χ1) is 14.9. The monoisotopic (exact) mass is 436 g/mol. The zero-order valence-corrected chi connectivity index (χ0v) is 18.7. The molecule has 31 heavy (non-hydrogen) atoms. The molecule has 1 N–H and O–H groups in total. The smallest absolute Gasteiger partial charge is 0.243 e. The lowest BCUT2D eigenvalue weighted by atomic mass is 9.96. The Labute approximate surface area is 184 Å². The van der Waals surface area contributed by atoms with Gasteiger partial charge in [-0.3, -0.25) is 4.79 Å². The molecule has 162 valence electrons. The van der Waals surface area contributed by atoms with Crippen LogP contribution in [0.2, 0.25) is 0 Å². The van der Waals surface area contributed by atoms with E-state index in [1.165, 1.54) is 4.31 Å². The van der Waals surface area contributed by atoms with Crippen molar-refractivity contribution < 1.29 is 13.2 Å². The summed E-state index contributed by atoms with van der Waals surface area (Å²) in [6.45, 7) is 4.89. The van der Waals surface area contributed by atoms with E-state index in [0.29, 0.717) is 36.7 Å². The van der Waals surface area contributed by atoms with Gasteiger partial charge in [0.15, 0.2) is 0 Å². The summed E-state index contributed by atoms with van der Waals surface area (Å²) < 4.78 is 27.8. The van der Waals surface area contributed by atoms with Crippen LogP contribution < -0.4 is 5.32 Å². The molecular weight excluding hydrogens is 408 g/mol. The van der Waals surface area contributed by atoms with Gasteiger partial charge in [-0.1, -0.05) is 62.4 Å². The Morgan fingerprint density at radius 2 is 1.58 bits per heavy atom. The van der Waals surface area contributed by atoms with Gasteiger partial charge in [-0.05, 0) is 53.3 Å².